The highest BCUT2D eigenvalue weighted by molar-refractivity contribution is 6.36. The molecule has 12 rings (SSSR count). The zero-order valence-corrected chi connectivity index (χ0v) is 27.1. The van der Waals surface area contributed by atoms with Crippen LogP contribution in [0.3, 0.4) is 0 Å². The van der Waals surface area contributed by atoms with Crippen molar-refractivity contribution in [2.45, 2.75) is 0 Å². The molecule has 2 nitrogen and oxygen atoms in total. The van der Waals surface area contributed by atoms with Crippen LogP contribution in [0.1, 0.15) is 0 Å². The van der Waals surface area contributed by atoms with Crippen molar-refractivity contribution in [3.8, 4) is 33.6 Å². The average molecular weight is 633 g/mol. The molecule has 2 aromatic heterocycles. The van der Waals surface area contributed by atoms with Crippen LogP contribution >= 0.6 is 0 Å². The molecule has 0 spiro atoms. The van der Waals surface area contributed by atoms with Crippen molar-refractivity contribution in [1.29, 1.82) is 0 Å². The Morgan fingerprint density at radius 2 is 0.840 bits per heavy atom. The summed E-state index contributed by atoms with van der Waals surface area (Å²) < 4.78 is 5.04. The van der Waals surface area contributed by atoms with Gasteiger partial charge in [-0.15, -0.1) is 0 Å². The summed E-state index contributed by atoms with van der Waals surface area (Å²) in [6, 6.07) is 63.0. The lowest BCUT2D eigenvalue weighted by molar-refractivity contribution is 1.18. The number of rotatable bonds is 2. The zero-order chi connectivity index (χ0) is 32.5. The van der Waals surface area contributed by atoms with Crippen LogP contribution in [0.2, 0.25) is 0 Å². The van der Waals surface area contributed by atoms with Crippen molar-refractivity contribution in [1.82, 2.24) is 9.13 Å². The summed E-state index contributed by atoms with van der Waals surface area (Å²) in [5.41, 5.74) is 12.5. The lowest BCUT2D eigenvalue weighted by Crippen LogP contribution is -1.97. The SMILES string of the molecule is c1ccc2cc(-n3c4ccccc4c4c3c3ccccc3c3c5ccccc5n(-c5ccc6c(c5)-c5cccc7cccc-6c57)c34)ccc2c1. The molecule has 50 heavy (non-hydrogen) atoms. The van der Waals surface area contributed by atoms with Gasteiger partial charge in [0.05, 0.1) is 22.1 Å². The third-order valence-electron chi connectivity index (χ3n) is 11.2. The second-order valence-corrected chi connectivity index (χ2v) is 13.7. The normalized spacial score (nSPS) is 12.4. The number of aromatic nitrogens is 2. The van der Waals surface area contributed by atoms with E-state index in [1.807, 2.05) is 0 Å². The van der Waals surface area contributed by atoms with Crippen molar-refractivity contribution < 1.29 is 0 Å². The van der Waals surface area contributed by atoms with Crippen LogP contribution in [0.15, 0.2) is 170 Å². The Balaban J connectivity index is 1.28. The van der Waals surface area contributed by atoms with Crippen molar-refractivity contribution in [3.05, 3.63) is 170 Å². The molecule has 2 heterocycles. The predicted molar refractivity (Wildman–Crippen MR) is 212 cm³/mol. The molecule has 0 unspecified atom stereocenters. The largest absolute Gasteiger partial charge is 0.309 e. The minimum Gasteiger partial charge on any atom is -0.309 e. The van der Waals surface area contributed by atoms with E-state index < -0.39 is 0 Å². The second-order valence-electron chi connectivity index (χ2n) is 13.7. The number of benzene rings is 9. The summed E-state index contributed by atoms with van der Waals surface area (Å²) >= 11 is 0. The first kappa shape index (κ1) is 26.3. The van der Waals surface area contributed by atoms with Crippen LogP contribution in [0.25, 0.3) is 110 Å². The van der Waals surface area contributed by atoms with Gasteiger partial charge in [0.2, 0.25) is 0 Å². The molecule has 0 amide bonds. The van der Waals surface area contributed by atoms with E-state index in [1.165, 1.54) is 110 Å². The molecule has 2 heteroatoms. The van der Waals surface area contributed by atoms with E-state index in [9.17, 15) is 0 Å². The maximum Gasteiger partial charge on any atom is 0.0647 e. The smallest absolute Gasteiger partial charge is 0.0647 e. The maximum atomic E-state index is 2.54. The maximum absolute atomic E-state index is 2.54. The standard InChI is InChI=1S/C48H28N2/c1-2-12-31-27-32(24-23-29(31)11-1)49-43-22-8-6-18-40(43)46-47(49)38-16-4-3-15-36(38)45-39-17-5-7-21-42(39)50(48(45)46)33-25-26-34-35-19-9-13-30-14-10-20-37(44(30)35)41(34)28-33/h1-28H. The molecule has 0 saturated heterocycles. The Hall–Kier alpha value is -6.64. The number of fused-ring (bicyclic) bond motifs is 14. The Kier molecular flexibility index (Phi) is 5.00. The van der Waals surface area contributed by atoms with Gasteiger partial charge < -0.3 is 9.13 Å². The predicted octanol–water partition coefficient (Wildman–Crippen LogP) is 13.0. The van der Waals surface area contributed by atoms with Crippen LogP contribution < -0.4 is 0 Å². The van der Waals surface area contributed by atoms with Crippen molar-refractivity contribution >= 4 is 75.9 Å². The van der Waals surface area contributed by atoms with Gasteiger partial charge in [0.1, 0.15) is 0 Å². The molecule has 11 aromatic rings. The molecule has 9 aromatic carbocycles. The van der Waals surface area contributed by atoms with Gasteiger partial charge in [0.25, 0.3) is 0 Å². The Morgan fingerprint density at radius 3 is 1.62 bits per heavy atom. The number of nitrogens with zero attached hydrogens (tertiary/aromatic N) is 2. The third kappa shape index (κ3) is 3.28. The number of hydrogen-bond acceptors (Lipinski definition) is 0. The highest BCUT2D eigenvalue weighted by Gasteiger charge is 2.26. The van der Waals surface area contributed by atoms with E-state index in [-0.39, 0.29) is 0 Å². The summed E-state index contributed by atoms with van der Waals surface area (Å²) in [5.74, 6) is 0. The molecule has 230 valence electrons. The van der Waals surface area contributed by atoms with E-state index in [4.69, 9.17) is 0 Å². The summed E-state index contributed by atoms with van der Waals surface area (Å²) in [5, 5.41) is 12.8. The lowest BCUT2D eigenvalue weighted by Gasteiger charge is -2.14. The molecule has 0 fully saturated rings. The van der Waals surface area contributed by atoms with Gasteiger partial charge >= 0.3 is 0 Å². The number of para-hydroxylation sites is 2. The Morgan fingerprint density at radius 1 is 0.280 bits per heavy atom. The molecular formula is C48H28N2. The first-order chi connectivity index (χ1) is 24.8. The van der Waals surface area contributed by atoms with Crippen LogP contribution in [0.5, 0.6) is 0 Å². The summed E-state index contributed by atoms with van der Waals surface area (Å²) in [7, 11) is 0. The van der Waals surface area contributed by atoms with E-state index in [0.717, 1.165) is 0 Å². The fraction of sp³-hybridized carbons (Fsp3) is 0. The Bertz CT molecular complexity index is 3260. The molecule has 0 N–H and O–H groups in total. The molecule has 1 aliphatic rings. The van der Waals surface area contributed by atoms with Crippen molar-refractivity contribution in [2.75, 3.05) is 0 Å². The van der Waals surface area contributed by atoms with Crippen molar-refractivity contribution in [2.24, 2.45) is 0 Å². The molecule has 1 aliphatic carbocycles. The summed E-state index contributed by atoms with van der Waals surface area (Å²) in [4.78, 5) is 0. The minimum atomic E-state index is 1.17. The van der Waals surface area contributed by atoms with E-state index >= 15 is 0 Å². The Labute approximate surface area is 287 Å². The van der Waals surface area contributed by atoms with Crippen LogP contribution in [0, 0.1) is 0 Å². The van der Waals surface area contributed by atoms with E-state index in [1.54, 1.807) is 0 Å². The molecule has 0 atom stereocenters. The third-order valence-corrected chi connectivity index (χ3v) is 11.2. The van der Waals surface area contributed by atoms with Gasteiger partial charge in [0, 0.05) is 38.3 Å². The topological polar surface area (TPSA) is 9.86 Å². The molecule has 0 radical (unpaired) electrons. The van der Waals surface area contributed by atoms with Crippen LogP contribution in [-0.2, 0) is 0 Å². The highest BCUT2D eigenvalue weighted by atomic mass is 15.0. The van der Waals surface area contributed by atoms with Gasteiger partial charge in [-0.3, -0.25) is 0 Å². The van der Waals surface area contributed by atoms with Crippen LogP contribution in [-0.4, -0.2) is 9.13 Å². The molecule has 0 saturated carbocycles. The highest BCUT2D eigenvalue weighted by Crippen LogP contribution is 2.50. The monoisotopic (exact) mass is 632 g/mol. The van der Waals surface area contributed by atoms with Gasteiger partial charge in [-0.1, -0.05) is 133 Å². The first-order valence-electron chi connectivity index (χ1n) is 17.4. The lowest BCUT2D eigenvalue weighted by atomic mass is 9.99. The van der Waals surface area contributed by atoms with Crippen molar-refractivity contribution in [3.63, 3.8) is 0 Å². The first-order valence-corrected chi connectivity index (χ1v) is 17.4. The zero-order valence-electron chi connectivity index (χ0n) is 27.1. The molecular weight excluding hydrogens is 605 g/mol. The van der Waals surface area contributed by atoms with Gasteiger partial charge in [-0.05, 0) is 85.6 Å². The van der Waals surface area contributed by atoms with E-state index in [0.29, 0.717) is 0 Å². The molecule has 0 bridgehead atoms. The average Bonchev–Trinajstić information content (AvgIpc) is 3.82. The quantitative estimate of drug-likeness (QED) is 0.179. The summed E-state index contributed by atoms with van der Waals surface area (Å²) in [6.07, 6.45) is 0. The fourth-order valence-corrected chi connectivity index (χ4v) is 9.16. The molecule has 0 aliphatic heterocycles. The van der Waals surface area contributed by atoms with Gasteiger partial charge in [-0.2, -0.15) is 0 Å². The number of hydrogen-bond donors (Lipinski definition) is 0. The van der Waals surface area contributed by atoms with Gasteiger partial charge in [-0.25, -0.2) is 0 Å². The van der Waals surface area contributed by atoms with E-state index in [2.05, 4.69) is 179 Å². The fourth-order valence-electron chi connectivity index (χ4n) is 9.16. The van der Waals surface area contributed by atoms with Crippen LogP contribution in [0.4, 0.5) is 0 Å². The second kappa shape index (κ2) is 9.49. The van der Waals surface area contributed by atoms with Gasteiger partial charge in [0.15, 0.2) is 0 Å². The summed E-state index contributed by atoms with van der Waals surface area (Å²) in [6.45, 7) is 0. The minimum absolute atomic E-state index is 1.17.